The predicted octanol–water partition coefficient (Wildman–Crippen LogP) is 4.23. The number of nitro groups is 1. The summed E-state index contributed by atoms with van der Waals surface area (Å²) in [7, 11) is 0. The first-order chi connectivity index (χ1) is 9.90. The molecule has 1 atom stereocenters. The first kappa shape index (κ1) is 15.2. The number of nitrogens with zero attached hydrogens (tertiary/aromatic N) is 1. The van der Waals surface area contributed by atoms with Gasteiger partial charge in [0.25, 0.3) is 5.69 Å². The van der Waals surface area contributed by atoms with Crippen LogP contribution in [0.15, 0.2) is 36.4 Å². The fourth-order valence-electron chi connectivity index (χ4n) is 1.84. The molecular weight excluding hydrogens is 301 g/mol. The van der Waals surface area contributed by atoms with E-state index in [0.29, 0.717) is 0 Å². The van der Waals surface area contributed by atoms with Gasteiger partial charge in [-0.25, -0.2) is 4.39 Å². The standard InChI is InChI=1S/C14H11ClFNO4/c1-8(18)14-11(16)3-2-4-13(14)21-9-5-6-12(17(19)20)10(15)7-9/h2-8,18H,1H3/t8-/m1/s1. The number of hydrogen-bond donors (Lipinski definition) is 1. The number of halogens is 2. The molecule has 2 aromatic rings. The Bertz CT molecular complexity index is 691. The molecule has 1 N–H and O–H groups in total. The highest BCUT2D eigenvalue weighted by Crippen LogP contribution is 2.34. The van der Waals surface area contributed by atoms with E-state index in [9.17, 15) is 19.6 Å². The van der Waals surface area contributed by atoms with Crippen LogP contribution in [0.25, 0.3) is 0 Å². The third-order valence-corrected chi connectivity index (χ3v) is 3.08. The number of rotatable bonds is 4. The van der Waals surface area contributed by atoms with Gasteiger partial charge in [0.15, 0.2) is 0 Å². The Labute approximate surface area is 124 Å². The average molecular weight is 312 g/mol. The van der Waals surface area contributed by atoms with Crippen molar-refractivity contribution in [2.45, 2.75) is 13.0 Å². The van der Waals surface area contributed by atoms with Gasteiger partial charge >= 0.3 is 0 Å². The van der Waals surface area contributed by atoms with Gasteiger partial charge in [0.2, 0.25) is 0 Å². The second kappa shape index (κ2) is 6.07. The van der Waals surface area contributed by atoms with Gasteiger partial charge in [-0.15, -0.1) is 0 Å². The SMILES string of the molecule is C[C@@H](O)c1c(F)cccc1Oc1ccc([N+](=O)[O-])c(Cl)c1. The molecule has 0 aromatic heterocycles. The maximum Gasteiger partial charge on any atom is 0.288 e. The number of hydrogen-bond acceptors (Lipinski definition) is 4. The first-order valence-electron chi connectivity index (χ1n) is 5.98. The van der Waals surface area contributed by atoms with E-state index in [0.717, 1.165) is 0 Å². The molecule has 0 saturated heterocycles. The zero-order chi connectivity index (χ0) is 15.6. The summed E-state index contributed by atoms with van der Waals surface area (Å²) in [5.41, 5.74) is -0.244. The minimum absolute atomic E-state index is 0.00646. The van der Waals surface area contributed by atoms with Gasteiger partial charge in [-0.2, -0.15) is 0 Å². The lowest BCUT2D eigenvalue weighted by atomic mass is 10.1. The Morgan fingerprint density at radius 3 is 2.67 bits per heavy atom. The van der Waals surface area contributed by atoms with Gasteiger partial charge in [-0.05, 0) is 25.1 Å². The van der Waals surface area contributed by atoms with Crippen LogP contribution in [0.1, 0.15) is 18.6 Å². The summed E-state index contributed by atoms with van der Waals surface area (Å²) in [6.45, 7) is 1.41. The predicted molar refractivity (Wildman–Crippen MR) is 75.2 cm³/mol. The van der Waals surface area contributed by atoms with Crippen LogP contribution >= 0.6 is 11.6 Å². The summed E-state index contributed by atoms with van der Waals surface area (Å²) >= 11 is 5.78. The normalized spacial score (nSPS) is 12.0. The number of ether oxygens (including phenoxy) is 1. The fourth-order valence-corrected chi connectivity index (χ4v) is 2.08. The van der Waals surface area contributed by atoms with Crippen molar-refractivity contribution in [1.29, 1.82) is 0 Å². The van der Waals surface area contributed by atoms with Crippen molar-refractivity contribution in [3.05, 3.63) is 62.9 Å². The van der Waals surface area contributed by atoms with E-state index in [-0.39, 0.29) is 27.8 Å². The van der Waals surface area contributed by atoms with Crippen molar-refractivity contribution in [1.82, 2.24) is 0 Å². The van der Waals surface area contributed by atoms with E-state index in [2.05, 4.69) is 0 Å². The highest BCUT2D eigenvalue weighted by molar-refractivity contribution is 6.32. The number of nitro benzene ring substituents is 1. The molecule has 21 heavy (non-hydrogen) atoms. The second-order valence-corrected chi connectivity index (χ2v) is 4.71. The molecule has 0 saturated carbocycles. The summed E-state index contributed by atoms with van der Waals surface area (Å²) in [6, 6.07) is 7.93. The number of aliphatic hydroxyl groups is 1. The van der Waals surface area contributed by atoms with Crippen LogP contribution in [0.3, 0.4) is 0 Å². The zero-order valence-corrected chi connectivity index (χ0v) is 11.7. The smallest absolute Gasteiger partial charge is 0.288 e. The molecule has 110 valence electrons. The molecule has 0 aliphatic rings. The molecule has 0 spiro atoms. The highest BCUT2D eigenvalue weighted by atomic mass is 35.5. The Morgan fingerprint density at radius 1 is 1.38 bits per heavy atom. The molecule has 0 aliphatic heterocycles. The molecule has 7 heteroatoms. The average Bonchev–Trinajstić information content (AvgIpc) is 2.37. The van der Waals surface area contributed by atoms with Crippen LogP contribution in [0.4, 0.5) is 10.1 Å². The maximum atomic E-state index is 13.7. The van der Waals surface area contributed by atoms with Crippen molar-refractivity contribution in [2.24, 2.45) is 0 Å². The molecule has 0 bridgehead atoms. The number of benzene rings is 2. The number of aliphatic hydroxyl groups excluding tert-OH is 1. The van der Waals surface area contributed by atoms with Gasteiger partial charge in [-0.3, -0.25) is 10.1 Å². The summed E-state index contributed by atoms with van der Waals surface area (Å²) < 4.78 is 19.2. The van der Waals surface area contributed by atoms with Gasteiger partial charge < -0.3 is 9.84 Å². The molecule has 0 aliphatic carbocycles. The van der Waals surface area contributed by atoms with Crippen LogP contribution in [0, 0.1) is 15.9 Å². The molecule has 2 rings (SSSR count). The van der Waals surface area contributed by atoms with Gasteiger partial charge in [0, 0.05) is 12.1 Å². The quantitative estimate of drug-likeness (QED) is 0.677. The van der Waals surface area contributed by atoms with Gasteiger partial charge in [0.05, 0.1) is 16.6 Å². The Kier molecular flexibility index (Phi) is 4.40. The summed E-state index contributed by atoms with van der Waals surface area (Å²) in [4.78, 5) is 10.1. The van der Waals surface area contributed by atoms with Crippen LogP contribution in [-0.2, 0) is 0 Å². The second-order valence-electron chi connectivity index (χ2n) is 4.30. The van der Waals surface area contributed by atoms with E-state index < -0.39 is 16.8 Å². The van der Waals surface area contributed by atoms with Crippen molar-refractivity contribution in [3.63, 3.8) is 0 Å². The highest BCUT2D eigenvalue weighted by Gasteiger charge is 2.17. The summed E-state index contributed by atoms with van der Waals surface area (Å²) in [6.07, 6.45) is -1.06. The minimum Gasteiger partial charge on any atom is -0.457 e. The van der Waals surface area contributed by atoms with Crippen molar-refractivity contribution >= 4 is 17.3 Å². The lowest BCUT2D eigenvalue weighted by Gasteiger charge is -2.14. The molecule has 0 heterocycles. The van der Waals surface area contributed by atoms with E-state index in [1.807, 2.05) is 0 Å². The van der Waals surface area contributed by atoms with Crippen molar-refractivity contribution < 1.29 is 19.2 Å². The molecule has 2 aromatic carbocycles. The minimum atomic E-state index is -1.06. The summed E-state index contributed by atoms with van der Waals surface area (Å²) in [5.74, 6) is -0.275. The first-order valence-corrected chi connectivity index (χ1v) is 6.36. The molecule has 0 amide bonds. The molecule has 0 radical (unpaired) electrons. The van der Waals surface area contributed by atoms with Gasteiger partial charge in [-0.1, -0.05) is 17.7 Å². The molecule has 0 fully saturated rings. The van der Waals surface area contributed by atoms with Crippen LogP contribution in [0.5, 0.6) is 11.5 Å². The van der Waals surface area contributed by atoms with Crippen LogP contribution < -0.4 is 4.74 Å². The fraction of sp³-hybridized carbons (Fsp3) is 0.143. The van der Waals surface area contributed by atoms with Crippen molar-refractivity contribution in [2.75, 3.05) is 0 Å². The largest absolute Gasteiger partial charge is 0.457 e. The van der Waals surface area contributed by atoms with Crippen LogP contribution in [0.2, 0.25) is 5.02 Å². The van der Waals surface area contributed by atoms with E-state index in [1.54, 1.807) is 0 Å². The lowest BCUT2D eigenvalue weighted by molar-refractivity contribution is -0.384. The van der Waals surface area contributed by atoms with E-state index >= 15 is 0 Å². The molecular formula is C14H11ClFNO4. The Hall–Kier alpha value is -2.18. The van der Waals surface area contributed by atoms with Crippen molar-refractivity contribution in [3.8, 4) is 11.5 Å². The topological polar surface area (TPSA) is 72.6 Å². The third-order valence-electron chi connectivity index (χ3n) is 2.77. The lowest BCUT2D eigenvalue weighted by Crippen LogP contribution is -2.00. The van der Waals surface area contributed by atoms with E-state index in [4.69, 9.17) is 16.3 Å². The monoisotopic (exact) mass is 311 g/mol. The van der Waals surface area contributed by atoms with Gasteiger partial charge in [0.1, 0.15) is 22.3 Å². The molecule has 0 unspecified atom stereocenters. The molecule has 5 nitrogen and oxygen atoms in total. The zero-order valence-electron chi connectivity index (χ0n) is 10.9. The maximum absolute atomic E-state index is 13.7. The van der Waals surface area contributed by atoms with E-state index in [1.165, 1.54) is 43.3 Å². The van der Waals surface area contributed by atoms with Crippen LogP contribution in [-0.4, -0.2) is 10.0 Å². The third kappa shape index (κ3) is 3.29. The Balaban J connectivity index is 2.37. The Morgan fingerprint density at radius 2 is 2.10 bits per heavy atom. The summed E-state index contributed by atoms with van der Waals surface area (Å²) in [5, 5.41) is 20.2.